The van der Waals surface area contributed by atoms with Crippen molar-refractivity contribution in [3.8, 4) is 0 Å². The molecule has 0 heterocycles. The lowest BCUT2D eigenvalue weighted by molar-refractivity contribution is 0.628. The number of hydrogen-bond donors (Lipinski definition) is 3. The van der Waals surface area contributed by atoms with E-state index in [4.69, 9.17) is 29.0 Å². The molecule has 0 aliphatic heterocycles. The van der Waals surface area contributed by atoms with Gasteiger partial charge in [-0.3, -0.25) is 10.4 Å². The van der Waals surface area contributed by atoms with Crippen molar-refractivity contribution < 1.29 is 4.39 Å². The molecule has 0 aromatic heterocycles. The summed E-state index contributed by atoms with van der Waals surface area (Å²) in [6.45, 7) is 2.58. The molecule has 0 aliphatic rings. The fraction of sp³-hybridized carbons (Fsp3) is 0.300. The smallest absolute Gasteiger partial charge is 0.210 e. The summed E-state index contributed by atoms with van der Waals surface area (Å²) in [5.74, 6) is 5.11. The maximum absolute atomic E-state index is 13.0. The summed E-state index contributed by atoms with van der Waals surface area (Å²) in [6.07, 6.45) is 0.873. The number of nitrogens with two attached hydrogens (primary N) is 1. The normalized spacial score (nSPS) is 11.5. The molecular weight excluding hydrogens is 266 g/mol. The van der Waals surface area contributed by atoms with Crippen LogP contribution in [0.5, 0.6) is 0 Å². The Balaban J connectivity index is 2.94. The minimum absolute atomic E-state index is 0.162. The Morgan fingerprint density at radius 3 is 2.47 bits per heavy atom. The number of rotatable bonds is 3. The van der Waals surface area contributed by atoms with Crippen LogP contribution in [0.2, 0.25) is 10.0 Å². The van der Waals surface area contributed by atoms with E-state index in [1.54, 1.807) is 0 Å². The number of guanidine groups is 1. The van der Waals surface area contributed by atoms with Crippen LogP contribution in [0, 0.1) is 5.82 Å². The van der Waals surface area contributed by atoms with Gasteiger partial charge in [0.2, 0.25) is 5.96 Å². The Bertz CT molecular complexity index is 400. The third kappa shape index (κ3) is 4.03. The highest BCUT2D eigenvalue weighted by atomic mass is 35.5. The summed E-state index contributed by atoms with van der Waals surface area (Å²) in [4.78, 5) is 4.12. The number of nitrogens with zero attached hydrogens (tertiary/aromatic N) is 1. The molecule has 4 N–H and O–H groups in total. The number of aliphatic imine (C=N–C) groups is 1. The summed E-state index contributed by atoms with van der Waals surface area (Å²) < 4.78 is 13.0. The summed E-state index contributed by atoms with van der Waals surface area (Å²) in [6, 6.07) is 2.31. The van der Waals surface area contributed by atoms with Gasteiger partial charge in [0.15, 0.2) is 0 Å². The van der Waals surface area contributed by atoms with Gasteiger partial charge in [0.1, 0.15) is 5.82 Å². The Morgan fingerprint density at radius 1 is 1.41 bits per heavy atom. The minimum atomic E-state index is -0.502. The predicted octanol–water partition coefficient (Wildman–Crippen LogP) is 2.77. The number of halogens is 3. The van der Waals surface area contributed by atoms with Gasteiger partial charge in [0.25, 0.3) is 0 Å². The first-order valence-corrected chi connectivity index (χ1v) is 5.76. The Morgan fingerprint density at radius 2 is 2.00 bits per heavy atom. The Hall–Kier alpha value is -1.04. The maximum atomic E-state index is 13.0. The quantitative estimate of drug-likeness (QED) is 0.345. The molecule has 1 aromatic rings. The molecular formula is C10H13Cl2FN4. The second-order valence-corrected chi connectivity index (χ2v) is 4.06. The molecule has 94 valence electrons. The van der Waals surface area contributed by atoms with Crippen LogP contribution >= 0.6 is 23.2 Å². The van der Waals surface area contributed by atoms with Crippen LogP contribution in [0.15, 0.2) is 17.1 Å². The van der Waals surface area contributed by atoms with E-state index in [0.717, 1.165) is 18.6 Å². The van der Waals surface area contributed by atoms with Gasteiger partial charge in [-0.1, -0.05) is 30.1 Å². The number of benzene rings is 1. The van der Waals surface area contributed by atoms with E-state index in [9.17, 15) is 4.39 Å². The van der Waals surface area contributed by atoms with Crippen LogP contribution in [-0.2, 0) is 0 Å². The highest BCUT2D eigenvalue weighted by Crippen LogP contribution is 2.31. The van der Waals surface area contributed by atoms with Crippen LogP contribution in [0.3, 0.4) is 0 Å². The summed E-state index contributed by atoms with van der Waals surface area (Å²) >= 11 is 11.7. The minimum Gasteiger partial charge on any atom is -0.323 e. The van der Waals surface area contributed by atoms with Crippen molar-refractivity contribution in [2.24, 2.45) is 10.8 Å². The van der Waals surface area contributed by atoms with E-state index in [1.165, 1.54) is 0 Å². The average Bonchev–Trinajstić information content (AvgIpc) is 2.27. The summed E-state index contributed by atoms with van der Waals surface area (Å²) in [5, 5.41) is 3.13. The lowest BCUT2D eigenvalue weighted by atomic mass is 10.3. The van der Waals surface area contributed by atoms with Gasteiger partial charge in [0.05, 0.1) is 15.7 Å². The molecule has 0 saturated carbocycles. The monoisotopic (exact) mass is 278 g/mol. The van der Waals surface area contributed by atoms with Crippen molar-refractivity contribution in [2.45, 2.75) is 13.3 Å². The Kier molecular flexibility index (Phi) is 5.47. The summed E-state index contributed by atoms with van der Waals surface area (Å²) in [5.41, 5.74) is 2.75. The van der Waals surface area contributed by atoms with Crippen LogP contribution < -0.4 is 16.6 Å². The van der Waals surface area contributed by atoms with E-state index in [-0.39, 0.29) is 10.0 Å². The molecule has 0 aliphatic carbocycles. The van der Waals surface area contributed by atoms with Crippen molar-refractivity contribution in [3.05, 3.63) is 28.0 Å². The van der Waals surface area contributed by atoms with Gasteiger partial charge in [-0.05, 0) is 18.6 Å². The standard InChI is InChI=1S/C10H13Cl2FN4/c1-2-3-15-10(17-14)16-9-7(11)4-6(13)5-8(9)12/h4-5H,2-3,14H2,1H3,(H2,15,16,17). The van der Waals surface area contributed by atoms with E-state index in [1.807, 2.05) is 6.92 Å². The number of anilines is 1. The molecule has 0 atom stereocenters. The van der Waals surface area contributed by atoms with Crippen molar-refractivity contribution in [2.75, 3.05) is 11.9 Å². The SMILES string of the molecule is CCCN=C(NN)Nc1c(Cl)cc(F)cc1Cl. The highest BCUT2D eigenvalue weighted by molar-refractivity contribution is 6.39. The highest BCUT2D eigenvalue weighted by Gasteiger charge is 2.09. The van der Waals surface area contributed by atoms with Gasteiger partial charge >= 0.3 is 0 Å². The number of nitrogens with one attached hydrogen (secondary N) is 2. The van der Waals surface area contributed by atoms with Gasteiger partial charge < -0.3 is 5.32 Å². The van der Waals surface area contributed by atoms with Crippen LogP contribution in [0.1, 0.15) is 13.3 Å². The van der Waals surface area contributed by atoms with E-state index < -0.39 is 5.82 Å². The van der Waals surface area contributed by atoms with Crippen molar-refractivity contribution in [1.82, 2.24) is 5.43 Å². The molecule has 1 rings (SSSR count). The van der Waals surface area contributed by atoms with Crippen LogP contribution in [0.4, 0.5) is 10.1 Å². The van der Waals surface area contributed by atoms with Crippen molar-refractivity contribution in [1.29, 1.82) is 0 Å². The average molecular weight is 279 g/mol. The topological polar surface area (TPSA) is 62.4 Å². The van der Waals surface area contributed by atoms with Gasteiger partial charge in [0, 0.05) is 6.54 Å². The zero-order chi connectivity index (χ0) is 12.8. The molecule has 0 bridgehead atoms. The molecule has 0 amide bonds. The lowest BCUT2D eigenvalue weighted by Gasteiger charge is -2.12. The third-order valence-corrected chi connectivity index (χ3v) is 2.48. The lowest BCUT2D eigenvalue weighted by Crippen LogP contribution is -2.36. The predicted molar refractivity (Wildman–Crippen MR) is 70.0 cm³/mol. The van der Waals surface area contributed by atoms with Crippen molar-refractivity contribution >= 4 is 34.8 Å². The van der Waals surface area contributed by atoms with E-state index >= 15 is 0 Å². The van der Waals surface area contributed by atoms with Gasteiger partial charge in [-0.25, -0.2) is 10.2 Å². The summed E-state index contributed by atoms with van der Waals surface area (Å²) in [7, 11) is 0. The zero-order valence-electron chi connectivity index (χ0n) is 9.23. The molecule has 4 nitrogen and oxygen atoms in total. The molecule has 7 heteroatoms. The van der Waals surface area contributed by atoms with Crippen LogP contribution in [0.25, 0.3) is 0 Å². The second-order valence-electron chi connectivity index (χ2n) is 3.24. The molecule has 0 fully saturated rings. The number of hydrazine groups is 1. The second kappa shape index (κ2) is 6.64. The molecule has 17 heavy (non-hydrogen) atoms. The maximum Gasteiger partial charge on any atom is 0.210 e. The molecule has 0 saturated heterocycles. The van der Waals surface area contributed by atoms with Crippen molar-refractivity contribution in [3.63, 3.8) is 0 Å². The number of hydrogen-bond acceptors (Lipinski definition) is 2. The van der Waals surface area contributed by atoms with Gasteiger partial charge in [-0.2, -0.15) is 0 Å². The van der Waals surface area contributed by atoms with Crippen LogP contribution in [-0.4, -0.2) is 12.5 Å². The molecule has 0 spiro atoms. The first-order valence-electron chi connectivity index (χ1n) is 5.01. The first-order chi connectivity index (χ1) is 8.08. The fourth-order valence-electron chi connectivity index (χ4n) is 1.12. The largest absolute Gasteiger partial charge is 0.323 e. The first kappa shape index (κ1) is 14.0. The van der Waals surface area contributed by atoms with Gasteiger partial charge in [-0.15, -0.1) is 0 Å². The third-order valence-electron chi connectivity index (χ3n) is 1.88. The van der Waals surface area contributed by atoms with E-state index in [2.05, 4.69) is 15.7 Å². The molecule has 0 unspecified atom stereocenters. The van der Waals surface area contributed by atoms with E-state index in [0.29, 0.717) is 18.2 Å². The zero-order valence-corrected chi connectivity index (χ0v) is 10.7. The Labute approximate surface area is 109 Å². The molecule has 0 radical (unpaired) electrons. The fourth-order valence-corrected chi connectivity index (χ4v) is 1.68. The molecule has 1 aromatic carbocycles.